The van der Waals surface area contributed by atoms with Gasteiger partial charge in [-0.2, -0.15) is 5.21 Å². The Hall–Kier alpha value is -3.91. The topological polar surface area (TPSA) is 88.2 Å². The minimum atomic E-state index is 0.368. The number of aromatic amines is 1. The summed E-state index contributed by atoms with van der Waals surface area (Å²) < 4.78 is 12.4. The molecule has 3 aromatic rings. The second kappa shape index (κ2) is 9.38. The van der Waals surface area contributed by atoms with E-state index in [1.807, 2.05) is 6.92 Å². The Labute approximate surface area is 204 Å². The third-order valence-electron chi connectivity index (χ3n) is 6.76. The van der Waals surface area contributed by atoms with Gasteiger partial charge >= 0.3 is 0 Å². The lowest BCUT2D eigenvalue weighted by molar-refractivity contribution is 0.244. The van der Waals surface area contributed by atoms with Gasteiger partial charge in [-0.1, -0.05) is 42.5 Å². The molecule has 0 fully saturated rings. The average Bonchev–Trinajstić information content (AvgIpc) is 3.65. The predicted molar refractivity (Wildman–Crippen MR) is 132 cm³/mol. The smallest absolute Gasteiger partial charge is 0.208 e. The lowest BCUT2D eigenvalue weighted by atomic mass is 9.96. The third kappa shape index (κ3) is 4.57. The zero-order chi connectivity index (χ0) is 23.6. The number of fused-ring (bicyclic) bond motifs is 1. The molecule has 3 heterocycles. The fourth-order valence-corrected chi connectivity index (χ4v) is 4.83. The van der Waals surface area contributed by atoms with E-state index in [9.17, 15) is 0 Å². The Balaban J connectivity index is 1.23. The summed E-state index contributed by atoms with van der Waals surface area (Å²) in [5.41, 5.74) is 6.95. The van der Waals surface area contributed by atoms with E-state index in [1.54, 1.807) is 0 Å². The zero-order valence-electron chi connectivity index (χ0n) is 19.8. The Morgan fingerprint density at radius 3 is 2.74 bits per heavy atom. The van der Waals surface area contributed by atoms with Gasteiger partial charge in [-0.3, -0.25) is 4.90 Å². The number of H-pyrrole nitrogens is 1. The fraction of sp³-hybridized carbons (Fsp3) is 0.296. The lowest BCUT2D eigenvalue weighted by Crippen LogP contribution is -2.30. The Morgan fingerprint density at radius 2 is 1.94 bits per heavy atom. The Kier molecular flexibility index (Phi) is 5.79. The van der Waals surface area contributed by atoms with Crippen LogP contribution in [0, 0.1) is 0 Å². The van der Waals surface area contributed by atoms with E-state index in [-0.39, 0.29) is 0 Å². The van der Waals surface area contributed by atoms with Crippen molar-refractivity contribution in [3.05, 3.63) is 94.2 Å². The van der Waals surface area contributed by atoms with Crippen LogP contribution in [0.5, 0.6) is 5.75 Å². The van der Waals surface area contributed by atoms with Gasteiger partial charge in [-0.15, -0.1) is 10.2 Å². The predicted octanol–water partition coefficient (Wildman–Crippen LogP) is 4.22. The van der Waals surface area contributed by atoms with Crippen LogP contribution in [0.15, 0.2) is 77.5 Å². The number of nitrogens with zero attached hydrogens (tertiary/aromatic N) is 4. The van der Waals surface area contributed by atoms with Crippen LogP contribution >= 0.6 is 0 Å². The molecule has 8 nitrogen and oxygen atoms in total. The monoisotopic (exact) mass is 468 g/mol. The van der Waals surface area contributed by atoms with Gasteiger partial charge in [0.05, 0.1) is 11.3 Å². The number of allylic oxidation sites excluding steroid dienone is 4. The van der Waals surface area contributed by atoms with E-state index >= 15 is 0 Å². The minimum Gasteiger partial charge on any atom is -0.486 e. The minimum absolute atomic E-state index is 0.368. The van der Waals surface area contributed by atoms with Crippen molar-refractivity contribution >= 4 is 0 Å². The van der Waals surface area contributed by atoms with Crippen LogP contribution in [0.25, 0.3) is 11.4 Å². The Bertz CT molecular complexity index is 1300. The molecule has 0 saturated carbocycles. The number of aromatic nitrogens is 4. The van der Waals surface area contributed by atoms with Crippen molar-refractivity contribution in [1.29, 1.82) is 0 Å². The lowest BCUT2D eigenvalue weighted by Gasteiger charge is -2.29. The molecule has 2 N–H and O–H groups in total. The number of hydrogen-bond acceptors (Lipinski definition) is 7. The largest absolute Gasteiger partial charge is 0.486 e. The van der Waals surface area contributed by atoms with E-state index in [1.165, 1.54) is 22.3 Å². The van der Waals surface area contributed by atoms with Crippen LogP contribution < -0.4 is 10.1 Å². The number of nitrogens with one attached hydrogen (secondary N) is 2. The van der Waals surface area contributed by atoms with Gasteiger partial charge in [0.25, 0.3) is 0 Å². The van der Waals surface area contributed by atoms with Gasteiger partial charge in [-0.25, -0.2) is 0 Å². The number of ether oxygens (including phenoxy) is 2. The summed E-state index contributed by atoms with van der Waals surface area (Å²) in [4.78, 5) is 2.47. The van der Waals surface area contributed by atoms with E-state index in [0.717, 1.165) is 67.5 Å². The molecule has 178 valence electrons. The number of rotatable bonds is 6. The van der Waals surface area contributed by atoms with Crippen molar-refractivity contribution in [3.63, 3.8) is 0 Å². The molecular formula is C27H28N6O2. The maximum atomic E-state index is 6.37. The molecule has 0 saturated heterocycles. The van der Waals surface area contributed by atoms with Crippen molar-refractivity contribution in [2.75, 3.05) is 13.2 Å². The van der Waals surface area contributed by atoms with Crippen LogP contribution in [0.1, 0.15) is 36.5 Å². The molecule has 8 heteroatoms. The van der Waals surface area contributed by atoms with Crippen molar-refractivity contribution in [2.45, 2.75) is 39.3 Å². The Morgan fingerprint density at radius 1 is 1.09 bits per heavy atom. The first-order valence-corrected chi connectivity index (χ1v) is 12.0. The van der Waals surface area contributed by atoms with E-state index in [4.69, 9.17) is 9.47 Å². The molecule has 0 bridgehead atoms. The van der Waals surface area contributed by atoms with Gasteiger partial charge in [0.2, 0.25) is 5.82 Å². The second-order valence-corrected chi connectivity index (χ2v) is 9.16. The van der Waals surface area contributed by atoms with E-state index < -0.39 is 0 Å². The molecule has 0 spiro atoms. The summed E-state index contributed by atoms with van der Waals surface area (Å²) in [6.07, 6.45) is 7.16. The summed E-state index contributed by atoms with van der Waals surface area (Å²) >= 11 is 0. The first-order chi connectivity index (χ1) is 17.2. The molecule has 1 aromatic heterocycles. The number of benzene rings is 2. The first-order valence-electron chi connectivity index (χ1n) is 12.0. The summed E-state index contributed by atoms with van der Waals surface area (Å²) in [6.45, 7) is 5.15. The van der Waals surface area contributed by atoms with Gasteiger partial charge in [0.1, 0.15) is 18.1 Å². The maximum Gasteiger partial charge on any atom is 0.208 e. The highest BCUT2D eigenvalue weighted by Gasteiger charge is 2.24. The molecule has 0 amide bonds. The molecular weight excluding hydrogens is 440 g/mol. The molecule has 0 atom stereocenters. The van der Waals surface area contributed by atoms with E-state index in [2.05, 4.69) is 85.5 Å². The number of hydrogen-bond donors (Lipinski definition) is 2. The van der Waals surface area contributed by atoms with Crippen LogP contribution in [0.4, 0.5) is 0 Å². The van der Waals surface area contributed by atoms with Gasteiger partial charge in [0.15, 0.2) is 5.88 Å². The number of tetrazole rings is 1. The van der Waals surface area contributed by atoms with Gasteiger partial charge < -0.3 is 14.8 Å². The molecule has 3 aliphatic rings. The maximum absolute atomic E-state index is 6.37. The van der Waals surface area contributed by atoms with Crippen molar-refractivity contribution in [2.24, 2.45) is 0 Å². The molecule has 6 rings (SSSR count). The first kappa shape index (κ1) is 21.6. The van der Waals surface area contributed by atoms with E-state index in [0.29, 0.717) is 12.4 Å². The van der Waals surface area contributed by atoms with Gasteiger partial charge in [0, 0.05) is 19.6 Å². The van der Waals surface area contributed by atoms with Crippen molar-refractivity contribution in [3.8, 4) is 17.1 Å². The van der Waals surface area contributed by atoms with Crippen LogP contribution in [0.2, 0.25) is 0 Å². The summed E-state index contributed by atoms with van der Waals surface area (Å²) in [5.74, 6) is 2.96. The molecule has 2 aliphatic heterocycles. The highest BCUT2D eigenvalue weighted by atomic mass is 16.5. The molecule has 2 aromatic carbocycles. The quantitative estimate of drug-likeness (QED) is 0.524. The highest BCUT2D eigenvalue weighted by molar-refractivity contribution is 5.66. The average molecular weight is 469 g/mol. The molecule has 0 unspecified atom stereocenters. The fourth-order valence-electron chi connectivity index (χ4n) is 4.83. The van der Waals surface area contributed by atoms with Crippen molar-refractivity contribution < 1.29 is 9.47 Å². The third-order valence-corrected chi connectivity index (χ3v) is 6.76. The SMILES string of the molecule is CC1=C(COc2cc3c(cc2-c2nn[nH]n2)CCN(Cc2ccccc2)C3)NC(=C2CC=CC2)O1. The molecule has 1 aliphatic carbocycles. The van der Waals surface area contributed by atoms with Crippen LogP contribution in [-0.2, 0) is 24.2 Å². The van der Waals surface area contributed by atoms with Crippen molar-refractivity contribution in [1.82, 2.24) is 30.8 Å². The summed E-state index contributed by atoms with van der Waals surface area (Å²) in [6, 6.07) is 14.9. The summed E-state index contributed by atoms with van der Waals surface area (Å²) in [7, 11) is 0. The molecule has 0 radical (unpaired) electrons. The highest BCUT2D eigenvalue weighted by Crippen LogP contribution is 2.35. The van der Waals surface area contributed by atoms with Crippen LogP contribution in [-0.4, -0.2) is 38.7 Å². The standard InChI is InChI=1S/C27H28N6O2/c1-18-24(28-27(35-18)20-9-5-6-10-20)17-34-25-14-22-16-33(15-19-7-3-2-4-8-19)12-11-21(22)13-23(25)26-29-31-32-30-26/h2-8,13-14,28H,9-12,15-17H2,1H3,(H,29,30,31,32). The summed E-state index contributed by atoms with van der Waals surface area (Å²) in [5, 5.41) is 18.2. The molecule has 35 heavy (non-hydrogen) atoms. The van der Waals surface area contributed by atoms with Crippen LogP contribution in [0.3, 0.4) is 0 Å². The second-order valence-electron chi connectivity index (χ2n) is 9.16. The zero-order valence-corrected chi connectivity index (χ0v) is 19.8. The van der Waals surface area contributed by atoms with Gasteiger partial charge in [-0.05, 0) is 65.8 Å². The normalized spacial score (nSPS) is 17.5.